The summed E-state index contributed by atoms with van der Waals surface area (Å²) in [6.45, 7) is 0.924. The van der Waals surface area contributed by atoms with Gasteiger partial charge < -0.3 is 15.4 Å². The van der Waals surface area contributed by atoms with Crippen molar-refractivity contribution in [2.24, 2.45) is 0 Å². The number of hydrogen-bond acceptors (Lipinski definition) is 4. The maximum Gasteiger partial charge on any atom is 0.117 e. The Kier molecular flexibility index (Phi) is 2.47. The summed E-state index contributed by atoms with van der Waals surface area (Å²) in [4.78, 5) is 12.1. The molecule has 1 aliphatic heterocycles. The third-order valence-electron chi connectivity index (χ3n) is 3.77. The van der Waals surface area contributed by atoms with Gasteiger partial charge in [-0.15, -0.1) is 0 Å². The molecular weight excluding hydrogens is 252 g/mol. The van der Waals surface area contributed by atoms with E-state index < -0.39 is 0 Å². The van der Waals surface area contributed by atoms with Crippen molar-refractivity contribution in [1.82, 2.24) is 20.3 Å². The number of aromatic amines is 1. The molecule has 0 spiro atoms. The number of rotatable bonds is 1. The van der Waals surface area contributed by atoms with E-state index >= 15 is 0 Å². The molecule has 4 rings (SSSR count). The van der Waals surface area contributed by atoms with Gasteiger partial charge in [0.15, 0.2) is 0 Å². The Hall–Kier alpha value is -2.40. The van der Waals surface area contributed by atoms with Gasteiger partial charge in [-0.2, -0.15) is 0 Å². The lowest BCUT2D eigenvalue weighted by atomic mass is 9.98. The topological polar surface area (TPSA) is 73.8 Å². The van der Waals surface area contributed by atoms with Crippen LogP contribution < -0.4 is 5.32 Å². The van der Waals surface area contributed by atoms with E-state index in [1.54, 1.807) is 18.5 Å². The Balaban J connectivity index is 1.82. The van der Waals surface area contributed by atoms with Gasteiger partial charge in [-0.1, -0.05) is 0 Å². The highest BCUT2D eigenvalue weighted by Gasteiger charge is 2.24. The standard InChI is InChI=1S/C15H14N4O/c20-11-2-1-9-5-10(7-17-13(9)6-11)14-15-12(3-4-16-14)18-8-19-15/h1-2,5-8,14,16,20H,3-4H2,(H,18,19). The number of imidazole rings is 1. The molecule has 1 atom stereocenters. The Morgan fingerprint density at radius 1 is 1.20 bits per heavy atom. The lowest BCUT2D eigenvalue weighted by molar-refractivity contribution is 0.476. The molecule has 5 nitrogen and oxygen atoms in total. The molecule has 0 saturated heterocycles. The number of H-pyrrole nitrogens is 1. The third-order valence-corrected chi connectivity index (χ3v) is 3.77. The summed E-state index contributed by atoms with van der Waals surface area (Å²) < 4.78 is 0. The van der Waals surface area contributed by atoms with Crippen LogP contribution >= 0.6 is 0 Å². The molecule has 3 heterocycles. The lowest BCUT2D eigenvalue weighted by Gasteiger charge is -2.23. The third kappa shape index (κ3) is 1.75. The molecule has 0 aliphatic carbocycles. The molecule has 5 heteroatoms. The van der Waals surface area contributed by atoms with Gasteiger partial charge >= 0.3 is 0 Å². The van der Waals surface area contributed by atoms with Crippen molar-refractivity contribution in [2.75, 3.05) is 6.54 Å². The molecule has 2 aromatic heterocycles. The zero-order valence-electron chi connectivity index (χ0n) is 10.8. The van der Waals surface area contributed by atoms with Crippen LogP contribution in [-0.2, 0) is 6.42 Å². The van der Waals surface area contributed by atoms with E-state index in [4.69, 9.17) is 0 Å². The van der Waals surface area contributed by atoms with Gasteiger partial charge in [0.05, 0.1) is 23.6 Å². The van der Waals surface area contributed by atoms with Crippen LogP contribution in [0.15, 0.2) is 36.8 Å². The van der Waals surface area contributed by atoms with Crippen LogP contribution in [-0.4, -0.2) is 26.6 Å². The number of phenolic OH excluding ortho intramolecular Hbond substituents is 1. The van der Waals surface area contributed by atoms with Crippen molar-refractivity contribution in [1.29, 1.82) is 0 Å². The Bertz CT molecular complexity index is 780. The summed E-state index contributed by atoms with van der Waals surface area (Å²) in [7, 11) is 0. The zero-order valence-corrected chi connectivity index (χ0v) is 10.8. The van der Waals surface area contributed by atoms with E-state index in [0.717, 1.165) is 35.1 Å². The predicted octanol–water partition coefficient (Wildman–Crippen LogP) is 1.90. The second-order valence-electron chi connectivity index (χ2n) is 5.05. The van der Waals surface area contributed by atoms with Crippen LogP contribution in [0.2, 0.25) is 0 Å². The highest BCUT2D eigenvalue weighted by molar-refractivity contribution is 5.80. The van der Waals surface area contributed by atoms with Crippen LogP contribution in [0.5, 0.6) is 5.75 Å². The quantitative estimate of drug-likeness (QED) is 0.629. The molecule has 0 saturated carbocycles. The Labute approximate surface area is 115 Å². The molecule has 100 valence electrons. The molecule has 0 amide bonds. The molecule has 1 unspecified atom stereocenters. The summed E-state index contributed by atoms with van der Waals surface area (Å²) in [6.07, 6.45) is 4.57. The molecule has 3 N–H and O–H groups in total. The molecule has 3 aromatic rings. The fourth-order valence-electron chi connectivity index (χ4n) is 2.78. The zero-order chi connectivity index (χ0) is 13.5. The van der Waals surface area contributed by atoms with Gasteiger partial charge in [0.2, 0.25) is 0 Å². The molecular formula is C15H14N4O. The van der Waals surface area contributed by atoms with Crippen molar-refractivity contribution in [3.8, 4) is 5.75 Å². The fourth-order valence-corrected chi connectivity index (χ4v) is 2.78. The molecule has 1 aromatic carbocycles. The molecule has 1 aliphatic rings. The van der Waals surface area contributed by atoms with Crippen LogP contribution in [0.3, 0.4) is 0 Å². The number of aromatic nitrogens is 3. The van der Waals surface area contributed by atoms with Gasteiger partial charge in [-0.05, 0) is 23.8 Å². The Morgan fingerprint density at radius 3 is 3.10 bits per heavy atom. The van der Waals surface area contributed by atoms with Gasteiger partial charge in [0, 0.05) is 36.3 Å². The summed E-state index contributed by atoms with van der Waals surface area (Å²) in [5.41, 5.74) is 4.14. The summed E-state index contributed by atoms with van der Waals surface area (Å²) in [5.74, 6) is 0.239. The average molecular weight is 266 g/mol. The minimum atomic E-state index is 0.0794. The summed E-state index contributed by atoms with van der Waals surface area (Å²) in [5, 5.41) is 14.0. The molecule has 0 fully saturated rings. The number of nitrogens with zero attached hydrogens (tertiary/aromatic N) is 2. The van der Waals surface area contributed by atoms with Crippen molar-refractivity contribution >= 4 is 10.9 Å². The van der Waals surface area contributed by atoms with Gasteiger partial charge in [0.25, 0.3) is 0 Å². The first-order valence-electron chi connectivity index (χ1n) is 6.65. The smallest absolute Gasteiger partial charge is 0.117 e. The van der Waals surface area contributed by atoms with Crippen molar-refractivity contribution in [3.63, 3.8) is 0 Å². The normalized spacial score (nSPS) is 18.1. The second kappa shape index (κ2) is 4.31. The first kappa shape index (κ1) is 11.4. The van der Waals surface area contributed by atoms with E-state index in [1.807, 2.05) is 12.3 Å². The average Bonchev–Trinajstić information content (AvgIpc) is 2.95. The number of benzene rings is 1. The van der Waals surface area contributed by atoms with Crippen molar-refractivity contribution in [3.05, 3.63) is 53.7 Å². The van der Waals surface area contributed by atoms with E-state index in [2.05, 4.69) is 26.3 Å². The van der Waals surface area contributed by atoms with Crippen molar-refractivity contribution < 1.29 is 5.11 Å². The van der Waals surface area contributed by atoms with E-state index in [9.17, 15) is 5.11 Å². The number of hydrogen-bond donors (Lipinski definition) is 3. The highest BCUT2D eigenvalue weighted by Crippen LogP contribution is 2.28. The van der Waals surface area contributed by atoms with Gasteiger partial charge in [-0.3, -0.25) is 4.98 Å². The summed E-state index contributed by atoms with van der Waals surface area (Å²) >= 11 is 0. The number of pyridine rings is 1. The number of fused-ring (bicyclic) bond motifs is 2. The number of nitrogens with one attached hydrogen (secondary N) is 2. The minimum Gasteiger partial charge on any atom is -0.508 e. The molecule has 0 bridgehead atoms. The number of phenols is 1. The van der Waals surface area contributed by atoms with Crippen LogP contribution in [0.25, 0.3) is 10.9 Å². The monoisotopic (exact) mass is 266 g/mol. The van der Waals surface area contributed by atoms with E-state index in [1.165, 1.54) is 5.69 Å². The van der Waals surface area contributed by atoms with Crippen LogP contribution in [0.1, 0.15) is 23.0 Å². The highest BCUT2D eigenvalue weighted by atomic mass is 16.3. The Morgan fingerprint density at radius 2 is 2.15 bits per heavy atom. The van der Waals surface area contributed by atoms with Crippen LogP contribution in [0, 0.1) is 0 Å². The maximum absolute atomic E-state index is 9.48. The minimum absolute atomic E-state index is 0.0794. The molecule has 20 heavy (non-hydrogen) atoms. The van der Waals surface area contributed by atoms with E-state index in [-0.39, 0.29) is 11.8 Å². The molecule has 0 radical (unpaired) electrons. The van der Waals surface area contributed by atoms with Gasteiger partial charge in [0.1, 0.15) is 5.75 Å². The van der Waals surface area contributed by atoms with Crippen molar-refractivity contribution in [2.45, 2.75) is 12.5 Å². The van der Waals surface area contributed by atoms with Gasteiger partial charge in [-0.25, -0.2) is 4.98 Å². The van der Waals surface area contributed by atoms with E-state index in [0.29, 0.717) is 0 Å². The number of aromatic hydroxyl groups is 1. The predicted molar refractivity (Wildman–Crippen MR) is 75.5 cm³/mol. The second-order valence-corrected chi connectivity index (χ2v) is 5.05. The largest absolute Gasteiger partial charge is 0.508 e. The first-order chi connectivity index (χ1) is 9.81. The SMILES string of the molecule is Oc1ccc2cc(C3NCCc4[nH]cnc43)cnc2c1. The maximum atomic E-state index is 9.48. The fraction of sp³-hybridized carbons (Fsp3) is 0.200. The summed E-state index contributed by atoms with van der Waals surface area (Å²) in [6, 6.07) is 7.42. The van der Waals surface area contributed by atoms with Crippen LogP contribution in [0.4, 0.5) is 0 Å². The lowest BCUT2D eigenvalue weighted by Crippen LogP contribution is -2.30. The first-order valence-corrected chi connectivity index (χ1v) is 6.65.